The first kappa shape index (κ1) is 6.20. The molecule has 0 aliphatic rings. The molecule has 0 bridgehead atoms. The number of hydrogen-bond donors (Lipinski definition) is 2. The molecule has 0 aromatic heterocycles. The molecule has 4 heteroatoms. The Morgan fingerprint density at radius 1 is 1.83 bits per heavy atom. The molecule has 6 heavy (non-hydrogen) atoms. The van der Waals surface area contributed by atoms with Crippen LogP contribution in [0.4, 0.5) is 0 Å². The average molecular weight is 122 g/mol. The van der Waals surface area contributed by atoms with E-state index in [-0.39, 0.29) is 0 Å². The van der Waals surface area contributed by atoms with Crippen LogP contribution < -0.4 is 11.5 Å². The molecule has 0 spiro atoms. The maximum absolute atomic E-state index is 5.02. The molecular weight excluding hydrogens is 116 g/mol. The highest BCUT2D eigenvalue weighted by molar-refractivity contribution is 8.22. The van der Waals surface area contributed by atoms with Crippen molar-refractivity contribution in [3.05, 3.63) is 0 Å². The molecular formula is C2H6N2S2. The van der Waals surface area contributed by atoms with Gasteiger partial charge in [0.1, 0.15) is 4.32 Å². The first-order chi connectivity index (χ1) is 2.77. The second-order valence-electron chi connectivity index (χ2n) is 0.630. The summed E-state index contributed by atoms with van der Waals surface area (Å²) >= 11 is 5.73. The first-order valence-corrected chi connectivity index (χ1v) is 2.79. The van der Waals surface area contributed by atoms with Gasteiger partial charge < -0.3 is 11.5 Å². The monoisotopic (exact) mass is 122 g/mol. The van der Waals surface area contributed by atoms with Gasteiger partial charge in [0.25, 0.3) is 0 Å². The fraction of sp³-hybridized carbons (Fsp3) is 0.500. The lowest BCUT2D eigenvalue weighted by Crippen LogP contribution is -2.06. The molecule has 0 heterocycles. The molecule has 0 aromatic carbocycles. The van der Waals surface area contributed by atoms with Gasteiger partial charge in [-0.15, -0.1) is 0 Å². The summed E-state index contributed by atoms with van der Waals surface area (Å²) in [5.41, 5.74) is 10.0. The maximum atomic E-state index is 5.02. The summed E-state index contributed by atoms with van der Waals surface area (Å²) in [5, 5.41) is 0. The number of thioether (sulfide) groups is 1. The Hall–Kier alpha value is 0.200. The highest BCUT2D eigenvalue weighted by atomic mass is 32.2. The van der Waals surface area contributed by atoms with Crippen LogP contribution in [0.3, 0.4) is 0 Å². The lowest BCUT2D eigenvalue weighted by atomic mass is 11.5. The van der Waals surface area contributed by atoms with Crippen LogP contribution in [0.2, 0.25) is 0 Å². The minimum absolute atomic E-state index is 0.414. The van der Waals surface area contributed by atoms with E-state index in [4.69, 9.17) is 11.5 Å². The van der Waals surface area contributed by atoms with Gasteiger partial charge in [0, 0.05) is 5.88 Å². The summed E-state index contributed by atoms with van der Waals surface area (Å²) in [4.78, 5) is 0. The van der Waals surface area contributed by atoms with Crippen LogP contribution in [-0.4, -0.2) is 10.2 Å². The lowest BCUT2D eigenvalue weighted by Gasteiger charge is -1.85. The summed E-state index contributed by atoms with van der Waals surface area (Å²) in [6, 6.07) is 0. The van der Waals surface area contributed by atoms with Crippen LogP contribution in [0, 0.1) is 0 Å². The van der Waals surface area contributed by atoms with Crippen LogP contribution in [0.15, 0.2) is 0 Å². The second-order valence-corrected chi connectivity index (χ2v) is 2.39. The molecule has 0 aromatic rings. The number of nitrogens with two attached hydrogens (primary N) is 2. The molecule has 0 saturated heterocycles. The Bertz CT molecular complexity index is 53.5. The average Bonchev–Trinajstić information content (AvgIpc) is 1.35. The standard InChI is InChI=1S/C2H6N2S2/c3-1-6-2(4)5/h1,3H2,(H2,4,5). The van der Waals surface area contributed by atoms with Gasteiger partial charge in [-0.05, 0) is 0 Å². The molecule has 0 fully saturated rings. The number of rotatable bonds is 1. The van der Waals surface area contributed by atoms with E-state index in [9.17, 15) is 0 Å². The van der Waals surface area contributed by atoms with E-state index in [1.807, 2.05) is 0 Å². The van der Waals surface area contributed by atoms with E-state index in [2.05, 4.69) is 12.2 Å². The minimum atomic E-state index is 0.414. The van der Waals surface area contributed by atoms with E-state index >= 15 is 0 Å². The zero-order valence-electron chi connectivity index (χ0n) is 3.18. The normalized spacial score (nSPS) is 8.17. The maximum Gasteiger partial charge on any atom is 0.132 e. The van der Waals surface area contributed by atoms with E-state index in [0.717, 1.165) is 0 Å². The Balaban J connectivity index is 2.83. The predicted molar refractivity (Wildman–Crippen MR) is 33.4 cm³/mol. The fourth-order valence-electron chi connectivity index (χ4n) is 0.0821. The molecule has 0 aliphatic heterocycles. The smallest absolute Gasteiger partial charge is 0.132 e. The van der Waals surface area contributed by atoms with Crippen molar-refractivity contribution in [2.24, 2.45) is 11.5 Å². The lowest BCUT2D eigenvalue weighted by molar-refractivity contribution is 1.41. The zero-order chi connectivity index (χ0) is 4.99. The Kier molecular flexibility index (Phi) is 3.51. The van der Waals surface area contributed by atoms with Crippen molar-refractivity contribution in [3.63, 3.8) is 0 Å². The minimum Gasteiger partial charge on any atom is -0.385 e. The Morgan fingerprint density at radius 2 is 2.33 bits per heavy atom. The van der Waals surface area contributed by atoms with Crippen LogP contribution in [0.5, 0.6) is 0 Å². The third kappa shape index (κ3) is 4.20. The third-order valence-electron chi connectivity index (χ3n) is 0.226. The van der Waals surface area contributed by atoms with E-state index < -0.39 is 0 Å². The number of hydrogen-bond acceptors (Lipinski definition) is 3. The van der Waals surface area contributed by atoms with Gasteiger partial charge >= 0.3 is 0 Å². The summed E-state index contributed by atoms with van der Waals surface area (Å²) < 4.78 is 0.414. The molecule has 0 atom stereocenters. The van der Waals surface area contributed by atoms with Gasteiger partial charge in [0.2, 0.25) is 0 Å². The van der Waals surface area contributed by atoms with Crippen molar-refractivity contribution < 1.29 is 0 Å². The van der Waals surface area contributed by atoms with Crippen LogP contribution in [0.25, 0.3) is 0 Å². The molecule has 36 valence electrons. The summed E-state index contributed by atoms with van der Waals surface area (Å²) in [6.07, 6.45) is 0. The summed E-state index contributed by atoms with van der Waals surface area (Å²) in [6.45, 7) is 0. The van der Waals surface area contributed by atoms with Crippen molar-refractivity contribution in [1.82, 2.24) is 0 Å². The van der Waals surface area contributed by atoms with Crippen molar-refractivity contribution in [1.29, 1.82) is 0 Å². The van der Waals surface area contributed by atoms with Crippen LogP contribution >= 0.6 is 24.0 Å². The third-order valence-corrected chi connectivity index (χ3v) is 1.03. The molecule has 0 unspecified atom stereocenters. The van der Waals surface area contributed by atoms with E-state index in [1.165, 1.54) is 11.8 Å². The highest BCUT2D eigenvalue weighted by Gasteiger charge is 1.79. The molecule has 0 rings (SSSR count). The highest BCUT2D eigenvalue weighted by Crippen LogP contribution is 1.91. The van der Waals surface area contributed by atoms with E-state index in [0.29, 0.717) is 10.2 Å². The fourth-order valence-corrected chi connectivity index (χ4v) is 0.451. The Morgan fingerprint density at radius 3 is 2.33 bits per heavy atom. The largest absolute Gasteiger partial charge is 0.385 e. The van der Waals surface area contributed by atoms with Crippen molar-refractivity contribution in [2.45, 2.75) is 0 Å². The van der Waals surface area contributed by atoms with Crippen LogP contribution in [-0.2, 0) is 0 Å². The Labute approximate surface area is 46.3 Å². The molecule has 0 amide bonds. The summed E-state index contributed by atoms with van der Waals surface area (Å²) in [5.74, 6) is 0.481. The topological polar surface area (TPSA) is 52.0 Å². The molecule has 4 N–H and O–H groups in total. The van der Waals surface area contributed by atoms with Crippen molar-refractivity contribution in [2.75, 3.05) is 5.88 Å². The number of thiocarbonyl (C=S) groups is 1. The van der Waals surface area contributed by atoms with Gasteiger partial charge in [-0.3, -0.25) is 0 Å². The quantitative estimate of drug-likeness (QED) is 0.376. The first-order valence-electron chi connectivity index (χ1n) is 1.39. The van der Waals surface area contributed by atoms with Gasteiger partial charge in [0.05, 0.1) is 0 Å². The van der Waals surface area contributed by atoms with Gasteiger partial charge in [-0.25, -0.2) is 0 Å². The molecule has 0 radical (unpaired) electrons. The second kappa shape index (κ2) is 3.39. The van der Waals surface area contributed by atoms with Crippen molar-refractivity contribution >= 4 is 28.3 Å². The van der Waals surface area contributed by atoms with Gasteiger partial charge in [-0.1, -0.05) is 24.0 Å². The SMILES string of the molecule is NCSC(N)=S. The molecule has 0 aliphatic carbocycles. The van der Waals surface area contributed by atoms with Gasteiger partial charge in [0.15, 0.2) is 0 Å². The molecule has 2 nitrogen and oxygen atoms in total. The zero-order valence-corrected chi connectivity index (χ0v) is 4.81. The summed E-state index contributed by atoms with van der Waals surface area (Å²) in [7, 11) is 0. The predicted octanol–water partition coefficient (Wildman–Crippen LogP) is -0.121. The molecule has 0 saturated carbocycles. The van der Waals surface area contributed by atoms with E-state index in [1.54, 1.807) is 0 Å². The van der Waals surface area contributed by atoms with Crippen molar-refractivity contribution in [3.8, 4) is 0 Å². The van der Waals surface area contributed by atoms with Gasteiger partial charge in [-0.2, -0.15) is 0 Å². The van der Waals surface area contributed by atoms with Crippen LogP contribution in [0.1, 0.15) is 0 Å².